The van der Waals surface area contributed by atoms with E-state index < -0.39 is 0 Å². The number of hydrogen-bond acceptors (Lipinski definition) is 2. The average molecular weight is 268 g/mol. The fourth-order valence-electron chi connectivity index (χ4n) is 3.08. The van der Waals surface area contributed by atoms with Crippen molar-refractivity contribution in [3.05, 3.63) is 0 Å². The molecule has 1 fully saturated rings. The van der Waals surface area contributed by atoms with Crippen LogP contribution in [0.2, 0.25) is 0 Å². The van der Waals surface area contributed by atoms with Crippen molar-refractivity contribution in [1.82, 2.24) is 10.2 Å². The van der Waals surface area contributed by atoms with Gasteiger partial charge >= 0.3 is 0 Å². The minimum absolute atomic E-state index is 0.887. The molecule has 0 atom stereocenters. The number of hydrogen-bond donors (Lipinski definition) is 1. The van der Waals surface area contributed by atoms with Crippen molar-refractivity contribution in [3.8, 4) is 0 Å². The van der Waals surface area contributed by atoms with E-state index in [9.17, 15) is 0 Å². The van der Waals surface area contributed by atoms with Crippen LogP contribution in [-0.2, 0) is 0 Å². The summed E-state index contributed by atoms with van der Waals surface area (Å²) in [6.45, 7) is 13.4. The fraction of sp³-hybridized carbons (Fsp3) is 1.00. The fourth-order valence-corrected chi connectivity index (χ4v) is 3.08. The van der Waals surface area contributed by atoms with Crippen LogP contribution in [0.5, 0.6) is 0 Å². The van der Waals surface area contributed by atoms with E-state index in [1.165, 1.54) is 77.7 Å². The van der Waals surface area contributed by atoms with E-state index in [1.807, 2.05) is 0 Å². The molecule has 0 spiro atoms. The van der Waals surface area contributed by atoms with E-state index >= 15 is 0 Å². The predicted octanol–water partition coefficient (Wildman–Crippen LogP) is 3.91. The highest BCUT2D eigenvalue weighted by Crippen LogP contribution is 2.24. The maximum absolute atomic E-state index is 3.48. The van der Waals surface area contributed by atoms with Gasteiger partial charge in [-0.15, -0.1) is 0 Å². The number of nitrogens with zero attached hydrogens (tertiary/aromatic N) is 1. The van der Waals surface area contributed by atoms with Gasteiger partial charge in [0.25, 0.3) is 0 Å². The summed E-state index contributed by atoms with van der Waals surface area (Å²) in [5, 5.41) is 3.48. The molecule has 114 valence electrons. The number of unbranched alkanes of at least 4 members (excludes halogenated alkanes) is 3. The zero-order chi connectivity index (χ0) is 13.9. The summed E-state index contributed by atoms with van der Waals surface area (Å²) in [6.07, 6.45) is 9.69. The van der Waals surface area contributed by atoms with Crippen LogP contribution in [0.15, 0.2) is 0 Å². The molecule has 0 unspecified atom stereocenters. The Kier molecular flexibility index (Phi) is 9.54. The monoisotopic (exact) mass is 268 g/mol. The maximum Gasteiger partial charge on any atom is -0.00160 e. The second-order valence-electron chi connectivity index (χ2n) is 6.59. The molecule has 0 aromatic heterocycles. The Morgan fingerprint density at radius 3 is 2.32 bits per heavy atom. The van der Waals surface area contributed by atoms with Gasteiger partial charge in [-0.2, -0.15) is 0 Å². The summed E-state index contributed by atoms with van der Waals surface area (Å²) >= 11 is 0. The van der Waals surface area contributed by atoms with Gasteiger partial charge in [-0.3, -0.25) is 0 Å². The predicted molar refractivity (Wildman–Crippen MR) is 85.6 cm³/mol. The second kappa shape index (κ2) is 10.7. The highest BCUT2D eigenvalue weighted by Gasteiger charge is 2.20. The topological polar surface area (TPSA) is 15.3 Å². The Labute approximate surface area is 121 Å². The van der Waals surface area contributed by atoms with Crippen molar-refractivity contribution >= 4 is 0 Å². The number of piperidine rings is 1. The summed E-state index contributed by atoms with van der Waals surface area (Å²) in [7, 11) is 0. The lowest BCUT2D eigenvalue weighted by Gasteiger charge is -2.33. The molecule has 2 heteroatoms. The molecular formula is C17H36N2. The van der Waals surface area contributed by atoms with Gasteiger partial charge < -0.3 is 10.2 Å². The van der Waals surface area contributed by atoms with Gasteiger partial charge in [0.15, 0.2) is 0 Å². The number of likely N-dealkylation sites (tertiary alicyclic amines) is 1. The van der Waals surface area contributed by atoms with Crippen molar-refractivity contribution in [2.45, 2.75) is 65.7 Å². The largest absolute Gasteiger partial charge is 0.317 e. The van der Waals surface area contributed by atoms with E-state index in [4.69, 9.17) is 0 Å². The van der Waals surface area contributed by atoms with E-state index in [2.05, 4.69) is 31.0 Å². The Bertz CT molecular complexity index is 195. The first kappa shape index (κ1) is 17.0. The normalized spacial score (nSPS) is 18.3. The lowest BCUT2D eigenvalue weighted by Crippen LogP contribution is -2.35. The molecule has 0 saturated carbocycles. The van der Waals surface area contributed by atoms with Gasteiger partial charge in [-0.1, -0.05) is 33.6 Å². The van der Waals surface area contributed by atoms with E-state index in [1.54, 1.807) is 0 Å². The molecule has 2 nitrogen and oxygen atoms in total. The SMILES string of the molecule is CCCNCCCCCCN1CCC(C(C)C)CC1. The summed E-state index contributed by atoms with van der Waals surface area (Å²) in [5.41, 5.74) is 0. The van der Waals surface area contributed by atoms with Crippen LogP contribution in [0, 0.1) is 11.8 Å². The van der Waals surface area contributed by atoms with Crippen molar-refractivity contribution in [1.29, 1.82) is 0 Å². The van der Waals surface area contributed by atoms with Gasteiger partial charge in [0.2, 0.25) is 0 Å². The molecule has 1 aliphatic rings. The minimum atomic E-state index is 0.887. The highest BCUT2D eigenvalue weighted by atomic mass is 15.1. The van der Waals surface area contributed by atoms with Crippen molar-refractivity contribution in [2.75, 3.05) is 32.7 Å². The molecule has 0 aromatic carbocycles. The van der Waals surface area contributed by atoms with Crippen LogP contribution in [0.1, 0.15) is 65.7 Å². The first-order valence-electron chi connectivity index (χ1n) is 8.67. The molecule has 1 N–H and O–H groups in total. The first-order valence-corrected chi connectivity index (χ1v) is 8.67. The Morgan fingerprint density at radius 1 is 1.00 bits per heavy atom. The highest BCUT2D eigenvalue weighted by molar-refractivity contribution is 4.74. The van der Waals surface area contributed by atoms with Crippen LogP contribution in [0.25, 0.3) is 0 Å². The van der Waals surface area contributed by atoms with E-state index in [0.717, 1.165) is 11.8 Å². The third-order valence-corrected chi connectivity index (χ3v) is 4.58. The Balaban J connectivity index is 1.88. The molecule has 0 bridgehead atoms. The third kappa shape index (κ3) is 7.94. The van der Waals surface area contributed by atoms with Crippen LogP contribution in [0.3, 0.4) is 0 Å². The number of rotatable bonds is 10. The smallest absolute Gasteiger partial charge is 0.00160 e. The molecular weight excluding hydrogens is 232 g/mol. The molecule has 1 rings (SSSR count). The standard InChI is InChI=1S/C17H36N2/c1-4-11-18-12-7-5-6-8-13-19-14-9-17(10-15-19)16(2)3/h16-18H,4-15H2,1-3H3. The number of nitrogens with one attached hydrogen (secondary N) is 1. The van der Waals surface area contributed by atoms with Crippen molar-refractivity contribution in [3.63, 3.8) is 0 Å². The van der Waals surface area contributed by atoms with Gasteiger partial charge in [0.05, 0.1) is 0 Å². The van der Waals surface area contributed by atoms with Crippen molar-refractivity contribution in [2.24, 2.45) is 11.8 Å². The minimum Gasteiger partial charge on any atom is -0.317 e. The zero-order valence-electron chi connectivity index (χ0n) is 13.6. The lowest BCUT2D eigenvalue weighted by atomic mass is 9.87. The molecule has 1 heterocycles. The molecule has 1 aliphatic heterocycles. The van der Waals surface area contributed by atoms with Gasteiger partial charge in [0.1, 0.15) is 0 Å². The second-order valence-corrected chi connectivity index (χ2v) is 6.59. The lowest BCUT2D eigenvalue weighted by molar-refractivity contribution is 0.155. The Morgan fingerprint density at radius 2 is 1.68 bits per heavy atom. The molecule has 0 radical (unpaired) electrons. The third-order valence-electron chi connectivity index (χ3n) is 4.58. The maximum atomic E-state index is 3.48. The molecule has 0 aliphatic carbocycles. The summed E-state index contributed by atoms with van der Waals surface area (Å²) in [5.74, 6) is 1.87. The molecule has 1 saturated heterocycles. The van der Waals surface area contributed by atoms with E-state index in [0.29, 0.717) is 0 Å². The van der Waals surface area contributed by atoms with Crippen LogP contribution < -0.4 is 5.32 Å². The average Bonchev–Trinajstić information content (AvgIpc) is 2.42. The Hall–Kier alpha value is -0.0800. The molecule has 0 aromatic rings. The zero-order valence-corrected chi connectivity index (χ0v) is 13.6. The molecule has 19 heavy (non-hydrogen) atoms. The van der Waals surface area contributed by atoms with Gasteiger partial charge in [-0.05, 0) is 76.7 Å². The van der Waals surface area contributed by atoms with Crippen molar-refractivity contribution < 1.29 is 0 Å². The summed E-state index contributed by atoms with van der Waals surface area (Å²) in [4.78, 5) is 2.69. The van der Waals surface area contributed by atoms with Crippen LogP contribution in [-0.4, -0.2) is 37.6 Å². The quantitative estimate of drug-likeness (QED) is 0.604. The summed E-state index contributed by atoms with van der Waals surface area (Å²) < 4.78 is 0. The van der Waals surface area contributed by atoms with E-state index in [-0.39, 0.29) is 0 Å². The molecule has 0 amide bonds. The first-order chi connectivity index (χ1) is 9.24. The summed E-state index contributed by atoms with van der Waals surface area (Å²) in [6, 6.07) is 0. The van der Waals surface area contributed by atoms with Crippen LogP contribution in [0.4, 0.5) is 0 Å². The van der Waals surface area contributed by atoms with Gasteiger partial charge in [-0.25, -0.2) is 0 Å². The van der Waals surface area contributed by atoms with Gasteiger partial charge in [0, 0.05) is 0 Å². The van der Waals surface area contributed by atoms with Crippen LogP contribution >= 0.6 is 0 Å².